The number of anilines is 1. The van der Waals surface area contributed by atoms with Crippen LogP contribution in [0.5, 0.6) is 0 Å². The maximum Gasteiger partial charge on any atom is 0.261 e. The number of nitrogens with zero attached hydrogens (tertiary/aromatic N) is 2. The molecule has 0 aliphatic carbocycles. The van der Waals surface area contributed by atoms with Gasteiger partial charge in [0.2, 0.25) is 0 Å². The lowest BCUT2D eigenvalue weighted by molar-refractivity contribution is -0.113. The minimum Gasteiger partial charge on any atom is -0.328 e. The van der Waals surface area contributed by atoms with Gasteiger partial charge in [0, 0.05) is 30.4 Å². The van der Waals surface area contributed by atoms with E-state index in [1.807, 2.05) is 85.8 Å². The number of amides is 2. The molecule has 4 aromatic carbocycles. The first-order chi connectivity index (χ1) is 18.1. The Morgan fingerprint density at radius 2 is 1.43 bits per heavy atom. The van der Waals surface area contributed by atoms with E-state index in [0.717, 1.165) is 16.8 Å². The molecule has 4 aromatic rings. The van der Waals surface area contributed by atoms with E-state index in [9.17, 15) is 9.59 Å². The van der Waals surface area contributed by atoms with E-state index in [-0.39, 0.29) is 11.8 Å². The zero-order chi connectivity index (χ0) is 25.6. The Kier molecular flexibility index (Phi) is 7.24. The quantitative estimate of drug-likeness (QED) is 0.321. The van der Waals surface area contributed by atoms with E-state index in [1.54, 1.807) is 17.2 Å². The highest BCUT2D eigenvalue weighted by Gasteiger charge is 2.33. The van der Waals surface area contributed by atoms with Gasteiger partial charge in [0.1, 0.15) is 0 Å². The maximum atomic E-state index is 13.7. The first-order valence-corrected chi connectivity index (χ1v) is 12.4. The molecule has 0 saturated heterocycles. The lowest BCUT2D eigenvalue weighted by Crippen LogP contribution is -2.39. The van der Waals surface area contributed by atoms with Gasteiger partial charge in [-0.3, -0.25) is 19.4 Å². The molecule has 0 unspecified atom stereocenters. The van der Waals surface area contributed by atoms with Crippen molar-refractivity contribution in [3.8, 4) is 0 Å². The van der Waals surface area contributed by atoms with Crippen LogP contribution in [0.15, 0.2) is 115 Å². The molecule has 0 fully saturated rings. The molecule has 0 atom stereocenters. The fourth-order valence-corrected chi connectivity index (χ4v) is 4.63. The molecule has 0 saturated carbocycles. The Bertz CT molecular complexity index is 1390. The molecule has 2 amide bonds. The smallest absolute Gasteiger partial charge is 0.261 e. The van der Waals surface area contributed by atoms with Crippen molar-refractivity contribution in [3.63, 3.8) is 0 Å². The van der Waals surface area contributed by atoms with Crippen molar-refractivity contribution >= 4 is 23.1 Å². The predicted molar refractivity (Wildman–Crippen MR) is 148 cm³/mol. The first kappa shape index (κ1) is 24.2. The molecule has 37 heavy (non-hydrogen) atoms. The molecule has 1 aliphatic rings. The predicted octanol–water partition coefficient (Wildman–Crippen LogP) is 5.77. The summed E-state index contributed by atoms with van der Waals surface area (Å²) < 4.78 is 0. The number of fused-ring (bicyclic) bond motifs is 1. The number of nitrogens with one attached hydrogen (secondary N) is 1. The molecule has 0 spiro atoms. The van der Waals surface area contributed by atoms with Gasteiger partial charge < -0.3 is 5.32 Å². The molecule has 5 nitrogen and oxygen atoms in total. The lowest BCUT2D eigenvalue weighted by atomic mass is 10.1. The average Bonchev–Trinajstić information content (AvgIpc) is 3.18. The summed E-state index contributed by atoms with van der Waals surface area (Å²) in [4.78, 5) is 30.5. The molecule has 5 rings (SSSR count). The van der Waals surface area contributed by atoms with Gasteiger partial charge in [-0.2, -0.15) is 0 Å². The van der Waals surface area contributed by atoms with Gasteiger partial charge in [-0.05, 0) is 36.2 Å². The second-order valence-corrected chi connectivity index (χ2v) is 9.25. The highest BCUT2D eigenvalue weighted by Crippen LogP contribution is 2.36. The molecule has 1 N–H and O–H groups in total. The van der Waals surface area contributed by atoms with Crippen LogP contribution in [0.1, 0.15) is 32.6 Å². The molecular weight excluding hydrogens is 458 g/mol. The van der Waals surface area contributed by atoms with Crippen molar-refractivity contribution in [2.45, 2.75) is 20.0 Å². The number of para-hydroxylation sites is 1. The fourth-order valence-electron chi connectivity index (χ4n) is 4.63. The highest BCUT2D eigenvalue weighted by molar-refractivity contribution is 6.32. The minimum absolute atomic E-state index is 0.128. The van der Waals surface area contributed by atoms with Crippen LogP contribution in [0.2, 0.25) is 0 Å². The molecule has 5 heteroatoms. The number of hydrogen-bond acceptors (Lipinski definition) is 3. The van der Waals surface area contributed by atoms with Crippen molar-refractivity contribution in [1.29, 1.82) is 0 Å². The van der Waals surface area contributed by atoms with E-state index in [0.29, 0.717) is 30.9 Å². The molecular formula is C32H29N3O2. The third kappa shape index (κ3) is 5.68. The number of hydrogen-bond donors (Lipinski definition) is 1. The van der Waals surface area contributed by atoms with Gasteiger partial charge in [0.15, 0.2) is 0 Å². The van der Waals surface area contributed by atoms with Gasteiger partial charge in [-0.1, -0.05) is 96.6 Å². The van der Waals surface area contributed by atoms with E-state index in [4.69, 9.17) is 0 Å². The largest absolute Gasteiger partial charge is 0.328 e. The van der Waals surface area contributed by atoms with Gasteiger partial charge in [0.05, 0.1) is 17.9 Å². The second-order valence-electron chi connectivity index (χ2n) is 9.25. The summed E-state index contributed by atoms with van der Waals surface area (Å²) in [7, 11) is 0. The SMILES string of the molecule is Cc1cccc(C(=O)N/C=C2\C(=O)N(CN(Cc3ccccc3)Cc3ccccc3)c3ccccc32)c1. The summed E-state index contributed by atoms with van der Waals surface area (Å²) in [5.41, 5.74) is 6.07. The Morgan fingerprint density at radius 1 is 0.811 bits per heavy atom. The van der Waals surface area contributed by atoms with Crippen LogP contribution in [0.4, 0.5) is 5.69 Å². The van der Waals surface area contributed by atoms with Crippen molar-refractivity contribution in [2.75, 3.05) is 11.6 Å². The number of benzene rings is 4. The molecule has 0 bridgehead atoms. The van der Waals surface area contributed by atoms with E-state index in [2.05, 4.69) is 34.5 Å². The zero-order valence-corrected chi connectivity index (χ0v) is 20.8. The van der Waals surface area contributed by atoms with Crippen LogP contribution in [0.25, 0.3) is 5.57 Å². The van der Waals surface area contributed by atoms with Gasteiger partial charge in [-0.25, -0.2) is 0 Å². The van der Waals surface area contributed by atoms with E-state index >= 15 is 0 Å². The maximum absolute atomic E-state index is 13.7. The first-order valence-electron chi connectivity index (χ1n) is 12.4. The van der Waals surface area contributed by atoms with Crippen LogP contribution in [-0.2, 0) is 17.9 Å². The summed E-state index contributed by atoms with van der Waals surface area (Å²) in [5.74, 6) is -0.369. The molecule has 1 aliphatic heterocycles. The second kappa shape index (κ2) is 11.1. The van der Waals surface area contributed by atoms with Gasteiger partial charge in [-0.15, -0.1) is 0 Å². The van der Waals surface area contributed by atoms with Crippen LogP contribution < -0.4 is 10.2 Å². The summed E-state index contributed by atoms with van der Waals surface area (Å²) in [6.07, 6.45) is 1.55. The normalized spacial score (nSPS) is 13.7. The van der Waals surface area contributed by atoms with E-state index < -0.39 is 0 Å². The Balaban J connectivity index is 1.40. The summed E-state index contributed by atoms with van der Waals surface area (Å²) in [6.45, 7) is 3.76. The summed E-state index contributed by atoms with van der Waals surface area (Å²) >= 11 is 0. The molecule has 1 heterocycles. The third-order valence-corrected chi connectivity index (χ3v) is 6.43. The number of carbonyl (C=O) groups excluding carboxylic acids is 2. The Hall–Kier alpha value is -4.48. The van der Waals surface area contributed by atoms with Crippen molar-refractivity contribution < 1.29 is 9.59 Å². The zero-order valence-electron chi connectivity index (χ0n) is 20.8. The van der Waals surface area contributed by atoms with Crippen molar-refractivity contribution in [2.24, 2.45) is 0 Å². The molecule has 0 aromatic heterocycles. The number of carbonyl (C=O) groups is 2. The van der Waals surface area contributed by atoms with Crippen LogP contribution in [-0.4, -0.2) is 23.4 Å². The standard InChI is InChI=1S/C32H29N3O2/c1-24-11-10-16-27(19-24)31(36)33-20-29-28-17-8-9-18-30(28)35(32(29)37)23-34(21-25-12-4-2-5-13-25)22-26-14-6-3-7-15-26/h2-20H,21-23H2,1H3,(H,33,36)/b29-20-. The fraction of sp³-hybridized carbons (Fsp3) is 0.125. The molecule has 0 radical (unpaired) electrons. The minimum atomic E-state index is -0.241. The Labute approximate surface area is 217 Å². The topological polar surface area (TPSA) is 52.7 Å². The van der Waals surface area contributed by atoms with Gasteiger partial charge >= 0.3 is 0 Å². The summed E-state index contributed by atoms with van der Waals surface area (Å²) in [5, 5.41) is 2.83. The van der Waals surface area contributed by atoms with Crippen LogP contribution in [0.3, 0.4) is 0 Å². The van der Waals surface area contributed by atoms with Crippen molar-refractivity contribution in [1.82, 2.24) is 10.2 Å². The lowest BCUT2D eigenvalue weighted by Gasteiger charge is -2.28. The third-order valence-electron chi connectivity index (χ3n) is 6.43. The number of rotatable bonds is 8. The summed E-state index contributed by atoms with van der Waals surface area (Å²) in [6, 6.07) is 35.7. The monoisotopic (exact) mass is 487 g/mol. The van der Waals surface area contributed by atoms with Crippen LogP contribution >= 0.6 is 0 Å². The average molecular weight is 488 g/mol. The van der Waals surface area contributed by atoms with Crippen molar-refractivity contribution in [3.05, 3.63) is 143 Å². The Morgan fingerprint density at radius 3 is 2.08 bits per heavy atom. The van der Waals surface area contributed by atoms with E-state index in [1.165, 1.54) is 11.1 Å². The van der Waals surface area contributed by atoms with Crippen LogP contribution in [0, 0.1) is 6.92 Å². The highest BCUT2D eigenvalue weighted by atomic mass is 16.2. The number of aryl methyl sites for hydroxylation is 1. The molecule has 184 valence electrons. The van der Waals surface area contributed by atoms with Gasteiger partial charge in [0.25, 0.3) is 11.8 Å².